The van der Waals surface area contributed by atoms with Crippen LogP contribution in [0.2, 0.25) is 0 Å². The minimum absolute atomic E-state index is 0.0396. The summed E-state index contributed by atoms with van der Waals surface area (Å²) in [5.41, 5.74) is 18.6. The number of anilines is 1. The van der Waals surface area contributed by atoms with E-state index in [9.17, 15) is 19.2 Å². The highest BCUT2D eigenvalue weighted by Gasteiger charge is 2.43. The number of ketones is 2. The molecule has 0 radical (unpaired) electrons. The number of nitrogens with two attached hydrogens (primary N) is 1. The van der Waals surface area contributed by atoms with Crippen molar-refractivity contribution in [3.8, 4) is 0 Å². The first-order chi connectivity index (χ1) is 32.3. The smallest absolute Gasteiger partial charge is 0.254 e. The Morgan fingerprint density at radius 3 is 2.31 bits per heavy atom. The van der Waals surface area contributed by atoms with Gasteiger partial charge in [0.15, 0.2) is 17.1 Å². The molecule has 5 aliphatic rings. The van der Waals surface area contributed by atoms with E-state index in [2.05, 4.69) is 86.7 Å². The second-order valence-corrected chi connectivity index (χ2v) is 22.1. The molecule has 2 amide bonds. The number of benzene rings is 3. The number of nitrogens with zero attached hydrogens (tertiary/aromatic N) is 3. The van der Waals surface area contributed by atoms with Gasteiger partial charge in [-0.25, -0.2) is 4.58 Å². The number of nitrogens with one attached hydrogen (secondary N) is 1. The van der Waals surface area contributed by atoms with E-state index in [-0.39, 0.29) is 58.4 Å². The van der Waals surface area contributed by atoms with Crippen LogP contribution >= 0.6 is 0 Å². The number of Topliss-reactive ketones (excluding diaryl/α,β-unsaturated/α-hetero) is 2. The van der Waals surface area contributed by atoms with E-state index >= 15 is 0 Å². The van der Waals surface area contributed by atoms with Crippen molar-refractivity contribution < 1.29 is 28.7 Å². The third-order valence-corrected chi connectivity index (χ3v) is 15.5. The van der Waals surface area contributed by atoms with E-state index in [1.54, 1.807) is 4.90 Å². The lowest BCUT2D eigenvalue weighted by Gasteiger charge is -2.44. The van der Waals surface area contributed by atoms with Gasteiger partial charge in [0.2, 0.25) is 11.3 Å². The number of ether oxygens (including phenoxy) is 2. The summed E-state index contributed by atoms with van der Waals surface area (Å²) in [6, 6.07) is 15.7. The van der Waals surface area contributed by atoms with Crippen molar-refractivity contribution in [1.82, 2.24) is 14.8 Å². The van der Waals surface area contributed by atoms with Gasteiger partial charge in [-0.05, 0) is 127 Å². The summed E-state index contributed by atoms with van der Waals surface area (Å²) in [7, 11) is 1.85. The van der Waals surface area contributed by atoms with Gasteiger partial charge in [0.05, 0.1) is 32.0 Å². The Labute approximate surface area is 404 Å². The third kappa shape index (κ3) is 9.59. The molecule has 8 rings (SSSR count). The zero-order chi connectivity index (χ0) is 48.7. The first-order valence-corrected chi connectivity index (χ1v) is 25.4. The fraction of sp³-hybridized carbons (Fsp3) is 0.561. The highest BCUT2D eigenvalue weighted by atomic mass is 16.5. The number of hydrogen-bond acceptors (Lipinski definition) is 8. The minimum Gasteiger partial charge on any atom is -0.401 e. The van der Waals surface area contributed by atoms with Crippen LogP contribution in [0.25, 0.3) is 5.57 Å². The summed E-state index contributed by atoms with van der Waals surface area (Å²) in [5, 5.41) is 5.52. The highest BCUT2D eigenvalue weighted by Crippen LogP contribution is 2.49. The number of fused-ring (bicyclic) bond motifs is 4. The van der Waals surface area contributed by atoms with Crippen LogP contribution in [-0.2, 0) is 42.1 Å². The molecule has 1 fully saturated rings. The molecule has 0 spiro atoms. The molecule has 364 valence electrons. The quantitative estimate of drug-likeness (QED) is 0.0709. The van der Waals surface area contributed by atoms with Crippen molar-refractivity contribution in [1.29, 1.82) is 0 Å². The van der Waals surface area contributed by atoms with Crippen LogP contribution in [0.15, 0.2) is 53.7 Å². The average Bonchev–Trinajstić information content (AvgIpc) is 3.27. The molecule has 3 aliphatic heterocycles. The molecule has 11 nitrogen and oxygen atoms in total. The lowest BCUT2D eigenvalue weighted by Crippen LogP contribution is -2.53. The molecule has 2 aliphatic carbocycles. The van der Waals surface area contributed by atoms with E-state index in [0.29, 0.717) is 75.8 Å². The van der Waals surface area contributed by atoms with Gasteiger partial charge in [-0.15, -0.1) is 0 Å². The van der Waals surface area contributed by atoms with Crippen molar-refractivity contribution >= 4 is 34.6 Å². The molecule has 1 saturated carbocycles. The van der Waals surface area contributed by atoms with Crippen LogP contribution in [0.1, 0.15) is 162 Å². The second kappa shape index (κ2) is 19.7. The van der Waals surface area contributed by atoms with Crippen molar-refractivity contribution in [3.63, 3.8) is 0 Å². The molecule has 0 saturated heterocycles. The zero-order valence-corrected chi connectivity index (χ0v) is 42.4. The standard InChI is InChI=1S/C57H75N5O6/c1-10-62-46-32-44-42(31-41(46)36(2)33-56(62,5)6)50(43-30-37-16-13-24-61-25-14-19-40(53(37)61)52(43)57(44,7)8)38-17-11-12-18-39(38)54(66)60(9)23-15-20-49(65)59-22-27-68-29-28-67-26-21-45(58)51-47(63)34-55(3,4)35-48(51)64/h11-12,17-18,30-32,36H,10,13-16,19-29,33-35H2,1-9H3,(H2-,58,59,63,64,65)/p+1. The first-order valence-electron chi connectivity index (χ1n) is 25.4. The number of amides is 2. The molecule has 0 bridgehead atoms. The van der Waals surface area contributed by atoms with E-state index in [1.807, 2.05) is 33.0 Å². The number of hydrogen-bond donors (Lipinski definition) is 2. The van der Waals surface area contributed by atoms with Crippen molar-refractivity contribution in [2.24, 2.45) is 11.1 Å². The van der Waals surface area contributed by atoms with Gasteiger partial charge in [-0.3, -0.25) is 19.2 Å². The predicted octanol–water partition coefficient (Wildman–Crippen LogP) is 6.63. The van der Waals surface area contributed by atoms with Gasteiger partial charge >= 0.3 is 0 Å². The Bertz CT molecular complexity index is 2650. The molecule has 68 heavy (non-hydrogen) atoms. The zero-order valence-electron chi connectivity index (χ0n) is 42.4. The first kappa shape index (κ1) is 49.3. The molecule has 3 aromatic rings. The van der Waals surface area contributed by atoms with Crippen LogP contribution in [0.5, 0.6) is 0 Å². The summed E-state index contributed by atoms with van der Waals surface area (Å²) >= 11 is 0. The summed E-state index contributed by atoms with van der Waals surface area (Å²) in [6.45, 7) is 23.4. The van der Waals surface area contributed by atoms with Crippen LogP contribution in [0.3, 0.4) is 0 Å². The van der Waals surface area contributed by atoms with E-state index in [1.165, 1.54) is 55.2 Å². The Hall–Kier alpha value is -5.13. The highest BCUT2D eigenvalue weighted by molar-refractivity contribution is 6.22. The number of allylic oxidation sites excluding steroid dienone is 1. The van der Waals surface area contributed by atoms with E-state index in [4.69, 9.17) is 15.2 Å². The fourth-order valence-electron chi connectivity index (χ4n) is 12.5. The van der Waals surface area contributed by atoms with Crippen LogP contribution in [0.4, 0.5) is 5.69 Å². The molecule has 11 heteroatoms. The fourth-order valence-corrected chi connectivity index (χ4v) is 12.5. The molecule has 1 atom stereocenters. The lowest BCUT2D eigenvalue weighted by atomic mass is 9.64. The average molecular weight is 927 g/mol. The Morgan fingerprint density at radius 2 is 1.59 bits per heavy atom. The molecular formula is C57H76N5O6+. The maximum absolute atomic E-state index is 14.7. The minimum atomic E-state index is -0.334. The maximum atomic E-state index is 14.7. The van der Waals surface area contributed by atoms with Crippen molar-refractivity contribution in [2.45, 2.75) is 136 Å². The van der Waals surface area contributed by atoms with E-state index < -0.39 is 0 Å². The number of carbonyl (C=O) groups is 4. The Kier molecular flexibility index (Phi) is 14.3. The van der Waals surface area contributed by atoms with Gasteiger partial charge in [0.25, 0.3) is 5.91 Å². The molecule has 0 aromatic heterocycles. The number of aryl methyl sites for hydroxylation is 1. The van der Waals surface area contributed by atoms with Crippen molar-refractivity contribution in [3.05, 3.63) is 109 Å². The number of rotatable bonds is 16. The van der Waals surface area contributed by atoms with Gasteiger partial charge in [-0.1, -0.05) is 52.8 Å². The second-order valence-electron chi connectivity index (χ2n) is 22.1. The van der Waals surface area contributed by atoms with Gasteiger partial charge in [0.1, 0.15) is 6.54 Å². The van der Waals surface area contributed by atoms with Crippen LogP contribution in [-0.4, -0.2) is 100 Å². The van der Waals surface area contributed by atoms with Gasteiger partial charge < -0.3 is 30.3 Å². The molecule has 3 heterocycles. The van der Waals surface area contributed by atoms with Crippen LogP contribution in [0, 0.1) is 5.41 Å². The topological polar surface area (TPSA) is 134 Å². The van der Waals surface area contributed by atoms with Gasteiger partial charge in [-0.2, -0.15) is 0 Å². The van der Waals surface area contributed by atoms with Crippen LogP contribution < -0.4 is 31.1 Å². The summed E-state index contributed by atoms with van der Waals surface area (Å²) in [4.78, 5) is 57.0. The molecule has 3 N–H and O–H groups in total. The summed E-state index contributed by atoms with van der Waals surface area (Å²) < 4.78 is 13.9. The monoisotopic (exact) mass is 927 g/mol. The summed E-state index contributed by atoms with van der Waals surface area (Å²) in [5.74, 6) is -0.135. The van der Waals surface area contributed by atoms with Crippen molar-refractivity contribution in [2.75, 3.05) is 71.1 Å². The normalized spacial score (nSPS) is 19.8. The Morgan fingerprint density at radius 1 is 0.897 bits per heavy atom. The largest absolute Gasteiger partial charge is 0.401 e. The summed E-state index contributed by atoms with van der Waals surface area (Å²) in [6.07, 6.45) is 7.25. The maximum Gasteiger partial charge on any atom is 0.254 e. The SMILES string of the molecule is CC[N+]1=c2cc3c(cc2C(C)CC1(C)C)=C(c1ccccc1C(=O)N(C)CCCC(=O)NCCOCCOCCC(N)=C1C(=O)CC(C)(C)CC1=O)c1cc2c4c(c1C3(C)C)CCCN4CCC2. The number of carbonyl (C=O) groups excluding carboxylic acids is 4. The van der Waals surface area contributed by atoms with Gasteiger partial charge in [0, 0.05) is 99.3 Å². The predicted molar refractivity (Wildman–Crippen MR) is 270 cm³/mol. The molecule has 1 unspecified atom stereocenters. The third-order valence-electron chi connectivity index (χ3n) is 15.5. The van der Waals surface area contributed by atoms with E-state index in [0.717, 1.165) is 57.3 Å². The lowest BCUT2D eigenvalue weighted by molar-refractivity contribution is -0.127. The Balaban J connectivity index is 0.947. The molecule has 3 aromatic carbocycles. The molecular weight excluding hydrogens is 851 g/mol.